The SMILES string of the molecule is CC(C)(C)NC(=O)COCc1cc(-c2ccc3c(c2)OCO3)on1. The minimum atomic E-state index is -0.277. The zero-order chi connectivity index (χ0) is 17.2. The monoisotopic (exact) mass is 332 g/mol. The number of nitrogens with zero attached hydrogens (tertiary/aromatic N) is 1. The fraction of sp³-hybridized carbons (Fsp3) is 0.412. The minimum Gasteiger partial charge on any atom is -0.454 e. The first kappa shape index (κ1) is 16.3. The van der Waals surface area contributed by atoms with Gasteiger partial charge in [0.25, 0.3) is 0 Å². The first-order valence-electron chi connectivity index (χ1n) is 7.65. The third-order valence-electron chi connectivity index (χ3n) is 3.21. The van der Waals surface area contributed by atoms with Gasteiger partial charge in [0.1, 0.15) is 12.3 Å². The van der Waals surface area contributed by atoms with Gasteiger partial charge in [0, 0.05) is 17.2 Å². The van der Waals surface area contributed by atoms with Crippen molar-refractivity contribution in [1.29, 1.82) is 0 Å². The van der Waals surface area contributed by atoms with Gasteiger partial charge in [0.2, 0.25) is 12.7 Å². The highest BCUT2D eigenvalue weighted by molar-refractivity contribution is 5.77. The minimum absolute atomic E-state index is 0.0243. The Hall–Kier alpha value is -2.54. The van der Waals surface area contributed by atoms with Gasteiger partial charge in [-0.3, -0.25) is 4.79 Å². The Kier molecular flexibility index (Phi) is 4.44. The molecule has 1 aromatic carbocycles. The van der Waals surface area contributed by atoms with Gasteiger partial charge in [-0.1, -0.05) is 5.16 Å². The third-order valence-corrected chi connectivity index (χ3v) is 3.21. The maximum absolute atomic E-state index is 11.7. The van der Waals surface area contributed by atoms with Crippen molar-refractivity contribution in [2.24, 2.45) is 0 Å². The Labute approximate surface area is 139 Å². The summed E-state index contributed by atoms with van der Waals surface area (Å²) in [7, 11) is 0. The number of aromatic nitrogens is 1. The summed E-state index contributed by atoms with van der Waals surface area (Å²) in [5.41, 5.74) is 1.18. The first-order valence-corrected chi connectivity index (χ1v) is 7.65. The molecule has 2 heterocycles. The Morgan fingerprint density at radius 2 is 2.04 bits per heavy atom. The molecule has 1 amide bonds. The molecule has 7 nitrogen and oxygen atoms in total. The lowest BCUT2D eigenvalue weighted by Gasteiger charge is -2.20. The summed E-state index contributed by atoms with van der Waals surface area (Å²) in [6, 6.07) is 7.31. The molecule has 0 fully saturated rings. The van der Waals surface area contributed by atoms with Gasteiger partial charge < -0.3 is 24.1 Å². The number of benzene rings is 1. The van der Waals surface area contributed by atoms with E-state index in [4.69, 9.17) is 18.7 Å². The fourth-order valence-corrected chi connectivity index (χ4v) is 2.27. The molecule has 3 rings (SSSR count). The van der Waals surface area contributed by atoms with E-state index in [9.17, 15) is 4.79 Å². The molecule has 1 aliphatic heterocycles. The van der Waals surface area contributed by atoms with Gasteiger partial charge in [-0.2, -0.15) is 0 Å². The van der Waals surface area contributed by atoms with E-state index in [0.29, 0.717) is 23.0 Å². The number of fused-ring (bicyclic) bond motifs is 1. The number of rotatable bonds is 5. The molecule has 2 aromatic rings. The van der Waals surface area contributed by atoms with E-state index in [0.717, 1.165) is 5.56 Å². The van der Waals surface area contributed by atoms with Crippen molar-refractivity contribution in [2.45, 2.75) is 32.9 Å². The van der Waals surface area contributed by atoms with Crippen molar-refractivity contribution in [3.63, 3.8) is 0 Å². The van der Waals surface area contributed by atoms with Gasteiger partial charge in [-0.25, -0.2) is 0 Å². The van der Waals surface area contributed by atoms with Gasteiger partial charge in [0.05, 0.1) is 6.61 Å². The normalized spacial score (nSPS) is 13.1. The average Bonchev–Trinajstić information content (AvgIpc) is 3.13. The lowest BCUT2D eigenvalue weighted by Crippen LogP contribution is -2.42. The van der Waals surface area contributed by atoms with Crippen molar-refractivity contribution >= 4 is 5.91 Å². The van der Waals surface area contributed by atoms with Crippen molar-refractivity contribution in [1.82, 2.24) is 10.5 Å². The number of carbonyl (C=O) groups excluding carboxylic acids is 1. The van der Waals surface area contributed by atoms with Crippen molar-refractivity contribution in [3.05, 3.63) is 30.0 Å². The quantitative estimate of drug-likeness (QED) is 0.906. The van der Waals surface area contributed by atoms with Crippen LogP contribution < -0.4 is 14.8 Å². The maximum atomic E-state index is 11.7. The molecule has 0 unspecified atom stereocenters. The summed E-state index contributed by atoms with van der Waals surface area (Å²) in [6.45, 7) is 6.15. The second-order valence-electron chi connectivity index (χ2n) is 6.54. The highest BCUT2D eigenvalue weighted by Crippen LogP contribution is 2.36. The van der Waals surface area contributed by atoms with Crippen LogP contribution in [0, 0.1) is 0 Å². The molecule has 1 aromatic heterocycles. The topological polar surface area (TPSA) is 82.8 Å². The molecule has 128 valence electrons. The highest BCUT2D eigenvalue weighted by atomic mass is 16.7. The first-order chi connectivity index (χ1) is 11.4. The summed E-state index contributed by atoms with van der Waals surface area (Å²) in [5.74, 6) is 1.83. The lowest BCUT2D eigenvalue weighted by molar-refractivity contribution is -0.127. The molecular weight excluding hydrogens is 312 g/mol. The number of ether oxygens (including phenoxy) is 3. The second kappa shape index (κ2) is 6.52. The highest BCUT2D eigenvalue weighted by Gasteiger charge is 2.17. The van der Waals surface area contributed by atoms with E-state index in [2.05, 4.69) is 10.5 Å². The van der Waals surface area contributed by atoms with Crippen LogP contribution in [-0.2, 0) is 16.1 Å². The van der Waals surface area contributed by atoms with E-state index in [1.165, 1.54) is 0 Å². The van der Waals surface area contributed by atoms with Crippen LogP contribution in [0.25, 0.3) is 11.3 Å². The molecule has 7 heteroatoms. The van der Waals surface area contributed by atoms with Crippen LogP contribution in [-0.4, -0.2) is 30.0 Å². The van der Waals surface area contributed by atoms with Crippen LogP contribution in [0.2, 0.25) is 0 Å². The zero-order valence-electron chi connectivity index (χ0n) is 13.9. The van der Waals surface area contributed by atoms with Crippen LogP contribution in [0.4, 0.5) is 0 Å². The number of hydrogen-bond donors (Lipinski definition) is 1. The van der Waals surface area contributed by atoms with E-state index < -0.39 is 0 Å². The van der Waals surface area contributed by atoms with E-state index in [-0.39, 0.29) is 31.5 Å². The van der Waals surface area contributed by atoms with Gasteiger partial charge >= 0.3 is 0 Å². The number of amides is 1. The summed E-state index contributed by atoms with van der Waals surface area (Å²) in [5, 5.41) is 6.78. The van der Waals surface area contributed by atoms with Gasteiger partial charge in [0.15, 0.2) is 17.3 Å². The molecule has 0 radical (unpaired) electrons. The summed E-state index contributed by atoms with van der Waals surface area (Å²) in [6.07, 6.45) is 0. The Morgan fingerprint density at radius 1 is 1.25 bits per heavy atom. The molecule has 0 aliphatic carbocycles. The second-order valence-corrected chi connectivity index (χ2v) is 6.54. The van der Waals surface area contributed by atoms with Gasteiger partial charge in [-0.15, -0.1) is 0 Å². The Bertz CT molecular complexity index is 733. The van der Waals surface area contributed by atoms with E-state index in [1.807, 2.05) is 39.0 Å². The largest absolute Gasteiger partial charge is 0.454 e. The number of carbonyl (C=O) groups is 1. The summed E-state index contributed by atoms with van der Waals surface area (Å²) in [4.78, 5) is 11.7. The van der Waals surface area contributed by atoms with Crippen LogP contribution in [0.15, 0.2) is 28.8 Å². The number of nitrogens with one attached hydrogen (secondary N) is 1. The molecule has 0 atom stereocenters. The molecular formula is C17H20N2O5. The Balaban J connectivity index is 1.55. The average molecular weight is 332 g/mol. The van der Waals surface area contributed by atoms with Crippen molar-refractivity contribution in [3.8, 4) is 22.8 Å². The predicted molar refractivity (Wildman–Crippen MR) is 85.6 cm³/mol. The molecule has 24 heavy (non-hydrogen) atoms. The molecule has 0 bridgehead atoms. The maximum Gasteiger partial charge on any atom is 0.246 e. The molecule has 1 aliphatic rings. The summed E-state index contributed by atoms with van der Waals surface area (Å²) >= 11 is 0. The summed E-state index contributed by atoms with van der Waals surface area (Å²) < 4.78 is 21.3. The van der Waals surface area contributed by atoms with E-state index in [1.54, 1.807) is 6.07 Å². The smallest absolute Gasteiger partial charge is 0.246 e. The van der Waals surface area contributed by atoms with Crippen LogP contribution in [0.3, 0.4) is 0 Å². The lowest BCUT2D eigenvalue weighted by atomic mass is 10.1. The number of hydrogen-bond acceptors (Lipinski definition) is 6. The van der Waals surface area contributed by atoms with Gasteiger partial charge in [-0.05, 0) is 39.0 Å². The van der Waals surface area contributed by atoms with Crippen LogP contribution in [0.5, 0.6) is 11.5 Å². The fourth-order valence-electron chi connectivity index (χ4n) is 2.27. The molecule has 0 spiro atoms. The standard InChI is InChI=1S/C17H20N2O5/c1-17(2,3)18-16(20)9-21-8-12-7-14(24-19-12)11-4-5-13-15(6-11)23-10-22-13/h4-7H,8-10H2,1-3H3,(H,18,20). The van der Waals surface area contributed by atoms with Crippen molar-refractivity contribution < 1.29 is 23.5 Å². The van der Waals surface area contributed by atoms with Crippen LogP contribution >= 0.6 is 0 Å². The molecule has 0 saturated carbocycles. The van der Waals surface area contributed by atoms with Crippen LogP contribution in [0.1, 0.15) is 26.5 Å². The molecule has 0 saturated heterocycles. The molecule has 1 N–H and O–H groups in total. The van der Waals surface area contributed by atoms with E-state index >= 15 is 0 Å². The third kappa shape index (κ3) is 4.05. The zero-order valence-corrected chi connectivity index (χ0v) is 13.9. The van der Waals surface area contributed by atoms with Crippen molar-refractivity contribution in [2.75, 3.05) is 13.4 Å². The Morgan fingerprint density at radius 3 is 2.83 bits per heavy atom. The predicted octanol–water partition coefficient (Wildman–Crippen LogP) is 2.50.